The first-order valence-electron chi connectivity index (χ1n) is 13.6. The summed E-state index contributed by atoms with van der Waals surface area (Å²) >= 11 is 0. The van der Waals surface area contributed by atoms with Crippen molar-refractivity contribution in [1.82, 2.24) is 0 Å². The molecule has 0 aromatic rings. The van der Waals surface area contributed by atoms with Gasteiger partial charge >= 0.3 is 5.97 Å². The number of aliphatic carboxylic acids is 1. The lowest BCUT2D eigenvalue weighted by atomic mass is 9.35. The normalized spacial score (nSPS) is 51.2. The quantitative estimate of drug-likeness (QED) is 0.415. The molecule has 0 aromatic carbocycles. The van der Waals surface area contributed by atoms with Crippen molar-refractivity contribution >= 4 is 11.8 Å². The molecule has 0 aliphatic heterocycles. The summed E-state index contributed by atoms with van der Waals surface area (Å²) in [5.74, 6) is 0.780. The van der Waals surface area contributed by atoms with E-state index in [0.29, 0.717) is 17.6 Å². The van der Waals surface area contributed by atoms with E-state index in [4.69, 9.17) is 0 Å². The topological polar surface area (TPSA) is 54.4 Å². The van der Waals surface area contributed by atoms with E-state index >= 15 is 0 Å². The highest BCUT2D eigenvalue weighted by atomic mass is 16.4. The number of fused-ring (bicyclic) bond motifs is 6. The van der Waals surface area contributed by atoms with Crippen LogP contribution in [0.2, 0.25) is 0 Å². The van der Waals surface area contributed by atoms with Crippen molar-refractivity contribution in [3.8, 4) is 0 Å². The Kier molecular flexibility index (Phi) is 4.83. The molecule has 3 nitrogen and oxygen atoms in total. The number of rotatable bonds is 1. The Morgan fingerprint density at radius 2 is 1.45 bits per heavy atom. The Morgan fingerprint density at radius 1 is 0.788 bits per heavy atom. The van der Waals surface area contributed by atoms with Crippen molar-refractivity contribution in [3.63, 3.8) is 0 Å². The van der Waals surface area contributed by atoms with E-state index in [-0.39, 0.29) is 27.1 Å². The van der Waals surface area contributed by atoms with E-state index in [2.05, 4.69) is 41.5 Å². The molecule has 0 saturated heterocycles. The van der Waals surface area contributed by atoms with Gasteiger partial charge in [-0.1, -0.05) is 52.7 Å². The standard InChI is InChI=1S/C30H46O3/c1-25(2)21-9-8-20-19(28(21,5)12-11-23(25)31)10-13-30(7)22-18-27(4,24(32)33)15-14-26(22,3)16-17-29(20,30)6/h21-22H,8-18H2,1-7H3,(H,32,33). The van der Waals surface area contributed by atoms with Gasteiger partial charge in [-0.3, -0.25) is 9.59 Å². The minimum absolute atomic E-state index is 0.151. The average molecular weight is 455 g/mol. The maximum Gasteiger partial charge on any atom is 0.309 e. The number of Topliss-reactive ketones (excluding diaryl/α,β-unsaturated/α-hetero) is 1. The molecule has 5 rings (SSSR count). The SMILES string of the molecule is CC1(C(=O)O)CCC2(C)CCC3(C)C4=C(CCC3(C)C2C1)C1(C)CCC(=O)C(C)(C)C1CC4. The zero-order valence-corrected chi connectivity index (χ0v) is 22.2. The van der Waals surface area contributed by atoms with Crippen LogP contribution in [0.25, 0.3) is 0 Å². The summed E-state index contributed by atoms with van der Waals surface area (Å²) in [6.45, 7) is 16.5. The van der Waals surface area contributed by atoms with Crippen LogP contribution in [0.15, 0.2) is 11.1 Å². The van der Waals surface area contributed by atoms with Crippen molar-refractivity contribution in [1.29, 1.82) is 0 Å². The number of carboxylic acid groups (broad SMARTS) is 1. The molecule has 5 aliphatic rings. The van der Waals surface area contributed by atoms with Gasteiger partial charge in [0.2, 0.25) is 0 Å². The Labute approximate surface area is 201 Å². The second-order valence-corrected chi connectivity index (χ2v) is 14.6. The summed E-state index contributed by atoms with van der Waals surface area (Å²) in [7, 11) is 0. The molecule has 3 fully saturated rings. The van der Waals surface area contributed by atoms with Crippen LogP contribution in [0.4, 0.5) is 0 Å². The molecule has 7 atom stereocenters. The highest BCUT2D eigenvalue weighted by Crippen LogP contribution is 2.74. The van der Waals surface area contributed by atoms with Crippen molar-refractivity contribution < 1.29 is 14.7 Å². The molecule has 3 saturated carbocycles. The van der Waals surface area contributed by atoms with Gasteiger partial charge < -0.3 is 5.11 Å². The molecule has 0 heterocycles. The molecule has 1 N–H and O–H groups in total. The van der Waals surface area contributed by atoms with Crippen molar-refractivity contribution in [2.45, 2.75) is 119 Å². The van der Waals surface area contributed by atoms with Crippen LogP contribution in [0.1, 0.15) is 119 Å². The molecule has 7 unspecified atom stereocenters. The number of carbonyl (C=O) groups excluding carboxylic acids is 1. The van der Waals surface area contributed by atoms with Crippen molar-refractivity contribution in [3.05, 3.63) is 11.1 Å². The number of carboxylic acids is 1. The number of ketones is 1. The lowest BCUT2D eigenvalue weighted by Crippen LogP contribution is -2.61. The first-order valence-corrected chi connectivity index (χ1v) is 13.6. The van der Waals surface area contributed by atoms with Gasteiger partial charge in [0.1, 0.15) is 5.78 Å². The number of hydrogen-bond acceptors (Lipinski definition) is 2. The summed E-state index contributed by atoms with van der Waals surface area (Å²) < 4.78 is 0. The second-order valence-electron chi connectivity index (χ2n) is 14.6. The Bertz CT molecular complexity index is 944. The van der Waals surface area contributed by atoms with Gasteiger partial charge in [0, 0.05) is 11.8 Å². The second kappa shape index (κ2) is 6.76. The van der Waals surface area contributed by atoms with Crippen LogP contribution in [0.3, 0.4) is 0 Å². The molecule has 5 aliphatic carbocycles. The van der Waals surface area contributed by atoms with Crippen LogP contribution >= 0.6 is 0 Å². The average Bonchev–Trinajstić information content (AvgIpc) is 2.74. The fourth-order valence-electron chi connectivity index (χ4n) is 10.3. The van der Waals surface area contributed by atoms with E-state index in [1.165, 1.54) is 19.3 Å². The largest absolute Gasteiger partial charge is 0.481 e. The first-order chi connectivity index (χ1) is 15.1. The van der Waals surface area contributed by atoms with Crippen LogP contribution in [0, 0.1) is 44.3 Å². The van der Waals surface area contributed by atoms with Gasteiger partial charge in [0.25, 0.3) is 0 Å². The molecule has 33 heavy (non-hydrogen) atoms. The van der Waals surface area contributed by atoms with Crippen LogP contribution in [0.5, 0.6) is 0 Å². The third kappa shape index (κ3) is 2.80. The molecular formula is C30H46O3. The molecule has 0 amide bonds. The fourth-order valence-corrected chi connectivity index (χ4v) is 10.3. The molecule has 0 spiro atoms. The molecule has 3 heteroatoms. The predicted molar refractivity (Wildman–Crippen MR) is 132 cm³/mol. The Balaban J connectivity index is 1.59. The number of hydrogen-bond donors (Lipinski definition) is 1. The van der Waals surface area contributed by atoms with Gasteiger partial charge in [0.15, 0.2) is 0 Å². The lowest BCUT2D eigenvalue weighted by Gasteiger charge is -2.69. The highest BCUT2D eigenvalue weighted by molar-refractivity contribution is 5.85. The minimum atomic E-state index is -0.599. The smallest absolute Gasteiger partial charge is 0.309 e. The molecule has 0 radical (unpaired) electrons. The summed E-state index contributed by atoms with van der Waals surface area (Å²) in [6, 6.07) is 0. The number of allylic oxidation sites excluding steroid dienone is 2. The third-order valence-corrected chi connectivity index (χ3v) is 13.0. The maximum atomic E-state index is 12.9. The summed E-state index contributed by atoms with van der Waals surface area (Å²) in [5.41, 5.74) is 3.35. The minimum Gasteiger partial charge on any atom is -0.481 e. The van der Waals surface area contributed by atoms with Crippen LogP contribution in [-0.4, -0.2) is 16.9 Å². The summed E-state index contributed by atoms with van der Waals surface area (Å²) in [6.07, 6.45) is 11.5. The maximum absolute atomic E-state index is 12.9. The van der Waals surface area contributed by atoms with Crippen LogP contribution < -0.4 is 0 Å². The van der Waals surface area contributed by atoms with Crippen LogP contribution in [-0.2, 0) is 9.59 Å². The van der Waals surface area contributed by atoms with Gasteiger partial charge in [-0.15, -0.1) is 0 Å². The zero-order valence-electron chi connectivity index (χ0n) is 22.2. The zero-order chi connectivity index (χ0) is 24.2. The van der Waals surface area contributed by atoms with E-state index in [1.54, 1.807) is 11.1 Å². The van der Waals surface area contributed by atoms with Gasteiger partial charge in [-0.2, -0.15) is 0 Å². The van der Waals surface area contributed by atoms with E-state index in [9.17, 15) is 14.7 Å². The Morgan fingerprint density at radius 3 is 2.12 bits per heavy atom. The van der Waals surface area contributed by atoms with Gasteiger partial charge in [-0.25, -0.2) is 0 Å². The number of carbonyl (C=O) groups is 2. The fraction of sp³-hybridized carbons (Fsp3) is 0.867. The van der Waals surface area contributed by atoms with Gasteiger partial charge in [0.05, 0.1) is 5.41 Å². The monoisotopic (exact) mass is 454 g/mol. The lowest BCUT2D eigenvalue weighted by molar-refractivity contribution is -0.174. The third-order valence-electron chi connectivity index (χ3n) is 13.0. The van der Waals surface area contributed by atoms with Gasteiger partial charge in [-0.05, 0) is 105 Å². The molecular weight excluding hydrogens is 408 g/mol. The molecule has 0 aromatic heterocycles. The predicted octanol–water partition coefficient (Wildman–Crippen LogP) is 7.59. The Hall–Kier alpha value is -1.12. The highest BCUT2D eigenvalue weighted by Gasteiger charge is 2.66. The molecule has 0 bridgehead atoms. The van der Waals surface area contributed by atoms with E-state index in [1.807, 2.05) is 6.92 Å². The van der Waals surface area contributed by atoms with E-state index < -0.39 is 11.4 Å². The summed E-state index contributed by atoms with van der Waals surface area (Å²) in [5, 5.41) is 10.1. The first kappa shape index (κ1) is 23.6. The van der Waals surface area contributed by atoms with E-state index in [0.717, 1.165) is 51.4 Å². The van der Waals surface area contributed by atoms with Crippen molar-refractivity contribution in [2.75, 3.05) is 0 Å². The summed E-state index contributed by atoms with van der Waals surface area (Å²) in [4.78, 5) is 25.1. The molecule has 184 valence electrons. The van der Waals surface area contributed by atoms with Crippen molar-refractivity contribution in [2.24, 2.45) is 44.3 Å².